The monoisotopic (exact) mass is 442 g/mol. The van der Waals surface area contributed by atoms with Gasteiger partial charge in [-0.1, -0.05) is 25.4 Å². The molecular formula is C22H24ClFN6O. The Morgan fingerprint density at radius 2 is 1.94 bits per heavy atom. The summed E-state index contributed by atoms with van der Waals surface area (Å²) in [7, 11) is 0. The van der Waals surface area contributed by atoms with Crippen LogP contribution in [0.3, 0.4) is 0 Å². The number of aromatic nitrogens is 3. The SMILES string of the molecule is CCN(CC)CCC(=O)Nc1cc(Nc2cnnc(-c3cc(Cl)ccc3F)c2)ccn1. The molecule has 0 radical (unpaired) electrons. The van der Waals surface area contributed by atoms with Gasteiger partial charge in [0.25, 0.3) is 0 Å². The van der Waals surface area contributed by atoms with E-state index in [4.69, 9.17) is 11.6 Å². The number of hydrogen-bond donors (Lipinski definition) is 2. The Balaban J connectivity index is 1.68. The molecule has 0 fully saturated rings. The molecule has 2 N–H and O–H groups in total. The fourth-order valence-electron chi connectivity index (χ4n) is 3.01. The number of halogens is 2. The van der Waals surface area contributed by atoms with Gasteiger partial charge in [0.15, 0.2) is 0 Å². The van der Waals surface area contributed by atoms with E-state index >= 15 is 0 Å². The van der Waals surface area contributed by atoms with Crippen LogP contribution in [0.25, 0.3) is 11.3 Å². The molecule has 2 heterocycles. The second kappa shape index (κ2) is 10.8. The molecule has 3 aromatic rings. The van der Waals surface area contributed by atoms with Crippen LogP contribution in [-0.2, 0) is 4.79 Å². The molecule has 1 aromatic carbocycles. The first kappa shape index (κ1) is 22.6. The highest BCUT2D eigenvalue weighted by Gasteiger charge is 2.10. The second-order valence-electron chi connectivity index (χ2n) is 6.83. The maximum Gasteiger partial charge on any atom is 0.226 e. The van der Waals surface area contributed by atoms with E-state index in [1.54, 1.807) is 24.4 Å². The zero-order chi connectivity index (χ0) is 22.2. The van der Waals surface area contributed by atoms with Crippen LogP contribution in [-0.4, -0.2) is 45.6 Å². The first-order chi connectivity index (χ1) is 15.0. The number of nitrogens with zero attached hydrogens (tertiary/aromatic N) is 4. The fraction of sp³-hybridized carbons (Fsp3) is 0.273. The lowest BCUT2D eigenvalue weighted by atomic mass is 10.1. The molecule has 2 aromatic heterocycles. The Morgan fingerprint density at radius 3 is 2.71 bits per heavy atom. The summed E-state index contributed by atoms with van der Waals surface area (Å²) in [6, 6.07) is 9.41. The first-order valence-electron chi connectivity index (χ1n) is 10.0. The summed E-state index contributed by atoms with van der Waals surface area (Å²) in [6.45, 7) is 6.64. The van der Waals surface area contributed by atoms with Crippen molar-refractivity contribution in [3.8, 4) is 11.3 Å². The van der Waals surface area contributed by atoms with E-state index < -0.39 is 5.82 Å². The molecule has 31 heavy (non-hydrogen) atoms. The molecule has 0 saturated heterocycles. The van der Waals surface area contributed by atoms with E-state index in [2.05, 4.69) is 44.6 Å². The highest BCUT2D eigenvalue weighted by molar-refractivity contribution is 6.30. The normalized spacial score (nSPS) is 10.9. The molecule has 0 unspecified atom stereocenters. The zero-order valence-electron chi connectivity index (χ0n) is 17.4. The van der Waals surface area contributed by atoms with Crippen LogP contribution >= 0.6 is 11.6 Å². The summed E-state index contributed by atoms with van der Waals surface area (Å²) in [5, 5.41) is 14.3. The van der Waals surface area contributed by atoms with Gasteiger partial charge in [-0.2, -0.15) is 10.2 Å². The number of amides is 1. The molecule has 1 amide bonds. The van der Waals surface area contributed by atoms with Crippen LogP contribution in [0.5, 0.6) is 0 Å². The van der Waals surface area contributed by atoms with E-state index in [-0.39, 0.29) is 11.5 Å². The number of carbonyl (C=O) groups is 1. The molecule has 0 spiro atoms. The molecule has 0 atom stereocenters. The Hall–Kier alpha value is -3.10. The van der Waals surface area contributed by atoms with Gasteiger partial charge in [-0.3, -0.25) is 4.79 Å². The molecule has 0 aliphatic carbocycles. The molecule has 0 saturated carbocycles. The minimum absolute atomic E-state index is 0.0964. The van der Waals surface area contributed by atoms with Crippen molar-refractivity contribution in [2.75, 3.05) is 30.3 Å². The molecule has 0 bridgehead atoms. The van der Waals surface area contributed by atoms with Crippen LogP contribution in [0.15, 0.2) is 48.8 Å². The van der Waals surface area contributed by atoms with Crippen molar-refractivity contribution in [1.29, 1.82) is 0 Å². The van der Waals surface area contributed by atoms with Gasteiger partial charge in [0.1, 0.15) is 11.6 Å². The molecule has 9 heteroatoms. The van der Waals surface area contributed by atoms with Gasteiger partial charge in [-0.05, 0) is 43.4 Å². The van der Waals surface area contributed by atoms with Crippen molar-refractivity contribution in [1.82, 2.24) is 20.1 Å². The van der Waals surface area contributed by atoms with Crippen molar-refractivity contribution in [3.63, 3.8) is 0 Å². The van der Waals surface area contributed by atoms with E-state index in [1.807, 2.05) is 0 Å². The first-order valence-corrected chi connectivity index (χ1v) is 10.4. The van der Waals surface area contributed by atoms with E-state index in [9.17, 15) is 9.18 Å². The smallest absolute Gasteiger partial charge is 0.226 e. The number of carbonyl (C=O) groups excluding carboxylic acids is 1. The predicted octanol–water partition coefficient (Wildman–Crippen LogP) is 4.75. The number of pyridine rings is 1. The van der Waals surface area contributed by atoms with Gasteiger partial charge < -0.3 is 15.5 Å². The van der Waals surface area contributed by atoms with Crippen molar-refractivity contribution < 1.29 is 9.18 Å². The summed E-state index contributed by atoms with van der Waals surface area (Å²) in [5.74, 6) is -0.0898. The Kier molecular flexibility index (Phi) is 7.86. The molecule has 162 valence electrons. The average molecular weight is 443 g/mol. The van der Waals surface area contributed by atoms with Gasteiger partial charge in [-0.15, -0.1) is 0 Å². The summed E-state index contributed by atoms with van der Waals surface area (Å²) in [5.41, 5.74) is 1.91. The number of nitrogens with one attached hydrogen (secondary N) is 2. The van der Waals surface area contributed by atoms with Crippen molar-refractivity contribution in [2.45, 2.75) is 20.3 Å². The maximum absolute atomic E-state index is 14.1. The largest absolute Gasteiger partial charge is 0.354 e. The Morgan fingerprint density at radius 1 is 1.13 bits per heavy atom. The molecule has 0 aliphatic rings. The third kappa shape index (κ3) is 6.44. The van der Waals surface area contributed by atoms with Crippen LogP contribution < -0.4 is 10.6 Å². The van der Waals surface area contributed by atoms with Crippen molar-refractivity contribution >= 4 is 34.7 Å². The lowest BCUT2D eigenvalue weighted by molar-refractivity contribution is -0.116. The van der Waals surface area contributed by atoms with Gasteiger partial charge in [-0.25, -0.2) is 9.37 Å². The lowest BCUT2D eigenvalue weighted by Gasteiger charge is -2.17. The predicted molar refractivity (Wildman–Crippen MR) is 121 cm³/mol. The molecular weight excluding hydrogens is 419 g/mol. The van der Waals surface area contributed by atoms with Crippen LogP contribution in [0.4, 0.5) is 21.6 Å². The Bertz CT molecular complexity index is 1040. The highest BCUT2D eigenvalue weighted by atomic mass is 35.5. The van der Waals surface area contributed by atoms with Gasteiger partial charge in [0, 0.05) is 41.5 Å². The topological polar surface area (TPSA) is 83.0 Å². The standard InChI is InChI=1S/C22H24ClFN6O/c1-3-30(4-2)10-8-22(31)28-21-13-16(7-9-25-21)27-17-12-20(29-26-14-17)18-11-15(23)5-6-19(18)24/h5-7,9,11-14H,3-4,8,10H2,1-2H3,(H2,25,27,28,29,31). The molecule has 3 rings (SSSR count). The third-order valence-corrected chi connectivity index (χ3v) is 4.96. The van der Waals surface area contributed by atoms with Crippen molar-refractivity contribution in [3.05, 3.63) is 59.6 Å². The quantitative estimate of drug-likeness (QED) is 0.497. The van der Waals surface area contributed by atoms with Crippen LogP contribution in [0, 0.1) is 5.82 Å². The zero-order valence-corrected chi connectivity index (χ0v) is 18.2. The van der Waals surface area contributed by atoms with E-state index in [0.717, 1.165) is 13.1 Å². The lowest BCUT2D eigenvalue weighted by Crippen LogP contribution is -2.27. The molecule has 7 nitrogen and oxygen atoms in total. The fourth-order valence-corrected chi connectivity index (χ4v) is 3.18. The van der Waals surface area contributed by atoms with Crippen molar-refractivity contribution in [2.24, 2.45) is 0 Å². The summed E-state index contributed by atoms with van der Waals surface area (Å²) in [4.78, 5) is 18.6. The molecule has 0 aliphatic heterocycles. The highest BCUT2D eigenvalue weighted by Crippen LogP contribution is 2.27. The third-order valence-electron chi connectivity index (χ3n) is 4.72. The van der Waals surface area contributed by atoms with E-state index in [0.29, 0.717) is 40.9 Å². The number of rotatable bonds is 9. The maximum atomic E-state index is 14.1. The van der Waals surface area contributed by atoms with Crippen LogP contribution in [0.1, 0.15) is 20.3 Å². The second-order valence-corrected chi connectivity index (χ2v) is 7.27. The Labute approximate surface area is 185 Å². The van der Waals surface area contributed by atoms with Gasteiger partial charge in [0.05, 0.1) is 17.6 Å². The average Bonchev–Trinajstić information content (AvgIpc) is 2.76. The summed E-state index contributed by atoms with van der Waals surface area (Å²) in [6.07, 6.45) is 3.51. The number of benzene rings is 1. The minimum atomic E-state index is -0.436. The number of hydrogen-bond acceptors (Lipinski definition) is 6. The summed E-state index contributed by atoms with van der Waals surface area (Å²) >= 11 is 5.98. The van der Waals surface area contributed by atoms with Crippen LogP contribution in [0.2, 0.25) is 5.02 Å². The van der Waals surface area contributed by atoms with Gasteiger partial charge in [0.2, 0.25) is 5.91 Å². The van der Waals surface area contributed by atoms with Gasteiger partial charge >= 0.3 is 0 Å². The summed E-state index contributed by atoms with van der Waals surface area (Å²) < 4.78 is 14.1. The minimum Gasteiger partial charge on any atom is -0.354 e. The van der Waals surface area contributed by atoms with E-state index in [1.165, 1.54) is 24.4 Å². The number of anilines is 3.